The van der Waals surface area contributed by atoms with Crippen LogP contribution < -0.4 is 9.44 Å². The Bertz CT molecular complexity index is 1210. The van der Waals surface area contributed by atoms with Crippen molar-refractivity contribution in [2.24, 2.45) is 0 Å². The van der Waals surface area contributed by atoms with Crippen LogP contribution >= 0.6 is 0 Å². The summed E-state index contributed by atoms with van der Waals surface area (Å²) in [7, 11) is -7.95. The summed E-state index contributed by atoms with van der Waals surface area (Å²) in [6.07, 6.45) is 0. The molecular formula is C19H17FN2O4S2. The molecule has 2 N–H and O–H groups in total. The molecule has 9 heteroatoms. The van der Waals surface area contributed by atoms with Crippen LogP contribution in [0.3, 0.4) is 0 Å². The van der Waals surface area contributed by atoms with E-state index in [1.807, 2.05) is 0 Å². The van der Waals surface area contributed by atoms with Crippen molar-refractivity contribution in [3.8, 4) is 0 Å². The van der Waals surface area contributed by atoms with Crippen molar-refractivity contribution in [2.45, 2.75) is 16.7 Å². The Morgan fingerprint density at radius 2 is 1.21 bits per heavy atom. The number of hydrogen-bond donors (Lipinski definition) is 2. The first-order valence-electron chi connectivity index (χ1n) is 8.14. The van der Waals surface area contributed by atoms with Crippen LogP contribution in [0.5, 0.6) is 0 Å². The molecule has 0 saturated carbocycles. The number of aryl methyl sites for hydroxylation is 1. The SMILES string of the molecule is Cc1cccc(S(=O)(=O)Nc2ccccc2NS(=O)(=O)c2ccc(F)cc2)c1. The van der Waals surface area contributed by atoms with Gasteiger partial charge in [0.05, 0.1) is 21.2 Å². The lowest BCUT2D eigenvalue weighted by atomic mass is 10.2. The van der Waals surface area contributed by atoms with Crippen molar-refractivity contribution >= 4 is 31.4 Å². The first-order chi connectivity index (χ1) is 13.2. The molecule has 0 saturated heterocycles. The summed E-state index contributed by atoms with van der Waals surface area (Å²) < 4.78 is 68.1. The lowest BCUT2D eigenvalue weighted by Crippen LogP contribution is -2.17. The number of rotatable bonds is 6. The molecule has 0 aromatic heterocycles. The summed E-state index contributed by atoms with van der Waals surface area (Å²) in [5, 5.41) is 0. The average molecular weight is 420 g/mol. The average Bonchev–Trinajstić information content (AvgIpc) is 2.63. The topological polar surface area (TPSA) is 92.3 Å². The highest BCUT2D eigenvalue weighted by molar-refractivity contribution is 7.93. The van der Waals surface area contributed by atoms with E-state index < -0.39 is 25.9 Å². The third kappa shape index (κ3) is 4.49. The predicted octanol–water partition coefficient (Wildman–Crippen LogP) is 3.74. The molecule has 0 atom stereocenters. The molecule has 0 unspecified atom stereocenters. The monoisotopic (exact) mass is 420 g/mol. The van der Waals surface area contributed by atoms with Gasteiger partial charge in [-0.15, -0.1) is 0 Å². The summed E-state index contributed by atoms with van der Waals surface area (Å²) >= 11 is 0. The van der Waals surface area contributed by atoms with E-state index in [4.69, 9.17) is 0 Å². The van der Waals surface area contributed by atoms with E-state index in [0.717, 1.165) is 29.8 Å². The Labute approximate surface area is 163 Å². The van der Waals surface area contributed by atoms with E-state index >= 15 is 0 Å². The summed E-state index contributed by atoms with van der Waals surface area (Å²) in [6.45, 7) is 1.77. The number of benzene rings is 3. The number of halogens is 1. The molecule has 0 aliphatic heterocycles. The number of para-hydroxylation sites is 2. The van der Waals surface area contributed by atoms with Crippen molar-refractivity contribution in [3.05, 3.63) is 84.2 Å². The number of anilines is 2. The summed E-state index contributed by atoms with van der Waals surface area (Å²) in [4.78, 5) is -0.0889. The third-order valence-corrected chi connectivity index (χ3v) is 6.58. The van der Waals surface area contributed by atoms with E-state index in [1.54, 1.807) is 31.2 Å². The van der Waals surface area contributed by atoms with Gasteiger partial charge in [0.15, 0.2) is 0 Å². The van der Waals surface area contributed by atoms with Gasteiger partial charge in [0.25, 0.3) is 20.0 Å². The fourth-order valence-electron chi connectivity index (χ4n) is 2.46. The molecule has 0 aliphatic carbocycles. The van der Waals surface area contributed by atoms with Gasteiger partial charge in [0, 0.05) is 0 Å². The second kappa shape index (κ2) is 7.61. The van der Waals surface area contributed by atoms with Crippen LogP contribution in [0.2, 0.25) is 0 Å². The van der Waals surface area contributed by atoms with E-state index in [9.17, 15) is 21.2 Å². The van der Waals surface area contributed by atoms with Gasteiger partial charge in [-0.2, -0.15) is 0 Å². The minimum absolute atomic E-state index is 0.0445. The fourth-order valence-corrected chi connectivity index (χ4v) is 4.73. The maximum absolute atomic E-state index is 13.0. The van der Waals surface area contributed by atoms with Crippen molar-refractivity contribution in [1.29, 1.82) is 0 Å². The van der Waals surface area contributed by atoms with Crippen LogP contribution in [0.1, 0.15) is 5.56 Å². The van der Waals surface area contributed by atoms with E-state index in [2.05, 4.69) is 9.44 Å². The van der Waals surface area contributed by atoms with Crippen LogP contribution in [0.25, 0.3) is 0 Å². The molecule has 0 heterocycles. The highest BCUT2D eigenvalue weighted by Gasteiger charge is 2.19. The molecule has 0 bridgehead atoms. The quantitative estimate of drug-likeness (QED) is 0.635. The van der Waals surface area contributed by atoms with Gasteiger partial charge in [-0.25, -0.2) is 21.2 Å². The minimum Gasteiger partial charge on any atom is -0.277 e. The fraction of sp³-hybridized carbons (Fsp3) is 0.0526. The van der Waals surface area contributed by atoms with Crippen LogP contribution in [0.4, 0.5) is 15.8 Å². The Balaban J connectivity index is 1.92. The predicted molar refractivity (Wildman–Crippen MR) is 106 cm³/mol. The van der Waals surface area contributed by atoms with E-state index in [1.165, 1.54) is 24.3 Å². The molecule has 28 heavy (non-hydrogen) atoms. The van der Waals surface area contributed by atoms with Gasteiger partial charge >= 0.3 is 0 Å². The second-order valence-corrected chi connectivity index (χ2v) is 9.39. The van der Waals surface area contributed by atoms with Crippen LogP contribution in [-0.2, 0) is 20.0 Å². The van der Waals surface area contributed by atoms with Gasteiger partial charge in [-0.3, -0.25) is 9.44 Å². The molecule has 3 aromatic carbocycles. The molecule has 0 spiro atoms. The second-order valence-electron chi connectivity index (χ2n) is 6.03. The zero-order valence-electron chi connectivity index (χ0n) is 14.8. The van der Waals surface area contributed by atoms with Crippen LogP contribution in [0, 0.1) is 12.7 Å². The minimum atomic E-state index is -4.03. The highest BCUT2D eigenvalue weighted by atomic mass is 32.2. The Morgan fingerprint density at radius 3 is 1.75 bits per heavy atom. The van der Waals surface area contributed by atoms with Gasteiger partial charge in [-0.1, -0.05) is 24.3 Å². The van der Waals surface area contributed by atoms with Gasteiger partial charge in [-0.05, 0) is 61.0 Å². The molecular weight excluding hydrogens is 403 g/mol. The Hall–Kier alpha value is -2.91. The molecule has 0 amide bonds. The van der Waals surface area contributed by atoms with E-state index in [0.29, 0.717) is 0 Å². The van der Waals surface area contributed by atoms with E-state index in [-0.39, 0.29) is 21.2 Å². The Kier molecular flexibility index (Phi) is 5.39. The lowest BCUT2D eigenvalue weighted by Gasteiger charge is -2.15. The lowest BCUT2D eigenvalue weighted by molar-refractivity contribution is 0.598. The first kappa shape index (κ1) is 19.8. The molecule has 3 aromatic rings. The first-order valence-corrected chi connectivity index (χ1v) is 11.1. The Morgan fingerprint density at radius 1 is 0.679 bits per heavy atom. The summed E-state index contributed by atoms with van der Waals surface area (Å²) in [5.74, 6) is -0.565. The zero-order valence-corrected chi connectivity index (χ0v) is 16.4. The third-order valence-electron chi connectivity index (χ3n) is 3.84. The van der Waals surface area contributed by atoms with Gasteiger partial charge < -0.3 is 0 Å². The molecule has 3 rings (SSSR count). The van der Waals surface area contributed by atoms with Gasteiger partial charge in [0.2, 0.25) is 0 Å². The van der Waals surface area contributed by atoms with Crippen molar-refractivity contribution in [3.63, 3.8) is 0 Å². The smallest absolute Gasteiger partial charge is 0.261 e. The maximum atomic E-state index is 13.0. The molecule has 0 aliphatic rings. The number of sulfonamides is 2. The largest absolute Gasteiger partial charge is 0.277 e. The van der Waals surface area contributed by atoms with Crippen LogP contribution in [-0.4, -0.2) is 16.8 Å². The summed E-state index contributed by atoms with van der Waals surface area (Å²) in [6, 6.07) is 16.6. The number of hydrogen-bond acceptors (Lipinski definition) is 4. The molecule has 0 fully saturated rings. The highest BCUT2D eigenvalue weighted by Crippen LogP contribution is 2.27. The molecule has 6 nitrogen and oxygen atoms in total. The zero-order chi connectivity index (χ0) is 20.4. The normalized spacial score (nSPS) is 11.8. The molecule has 146 valence electrons. The maximum Gasteiger partial charge on any atom is 0.261 e. The standard InChI is InChI=1S/C19H17FN2O4S2/c1-14-5-4-6-17(13-14)28(25,26)22-19-8-3-2-7-18(19)21-27(23,24)16-11-9-15(20)10-12-16/h2-13,21-22H,1H3. The van der Waals surface area contributed by atoms with Gasteiger partial charge in [0.1, 0.15) is 5.82 Å². The van der Waals surface area contributed by atoms with Crippen molar-refractivity contribution in [1.82, 2.24) is 0 Å². The number of nitrogens with one attached hydrogen (secondary N) is 2. The van der Waals surface area contributed by atoms with Crippen molar-refractivity contribution < 1.29 is 21.2 Å². The molecule has 0 radical (unpaired) electrons. The summed E-state index contributed by atoms with van der Waals surface area (Å²) in [5.41, 5.74) is 0.880. The van der Waals surface area contributed by atoms with Crippen molar-refractivity contribution in [2.75, 3.05) is 9.44 Å². The van der Waals surface area contributed by atoms with Crippen LogP contribution in [0.15, 0.2) is 82.6 Å².